The Kier molecular flexibility index (Phi) is 8.90. The van der Waals surface area contributed by atoms with E-state index in [1.807, 2.05) is 25.1 Å². The van der Waals surface area contributed by atoms with Crippen molar-refractivity contribution in [3.8, 4) is 0 Å². The third-order valence-corrected chi connectivity index (χ3v) is 3.08. The van der Waals surface area contributed by atoms with E-state index in [9.17, 15) is 4.79 Å². The number of aromatic nitrogens is 1. The first-order valence-electron chi connectivity index (χ1n) is 6.91. The van der Waals surface area contributed by atoms with E-state index in [1.54, 1.807) is 18.2 Å². The number of benzene rings is 1. The number of amides is 1. The first-order chi connectivity index (χ1) is 11.8. The summed E-state index contributed by atoms with van der Waals surface area (Å²) < 4.78 is 5.23. The molecule has 0 aliphatic heterocycles. The molecule has 1 aromatic carbocycles. The number of carbonyl (C=O) groups is 2. The Labute approximate surface area is 161 Å². The van der Waals surface area contributed by atoms with Crippen molar-refractivity contribution in [3.63, 3.8) is 0 Å². The van der Waals surface area contributed by atoms with Gasteiger partial charge in [0, 0.05) is 11.8 Å². The number of ketones is 1. The Hall–Kier alpha value is -2.16. The molecule has 25 heavy (non-hydrogen) atoms. The molecular formula is C16H16ClN3O3S2. The summed E-state index contributed by atoms with van der Waals surface area (Å²) in [5, 5.41) is 2.75. The van der Waals surface area contributed by atoms with Crippen LogP contribution in [-0.2, 0) is 4.74 Å². The van der Waals surface area contributed by atoms with Crippen LogP contribution in [0.2, 0.25) is 5.02 Å². The van der Waals surface area contributed by atoms with Crippen molar-refractivity contribution in [2.24, 2.45) is 5.73 Å². The summed E-state index contributed by atoms with van der Waals surface area (Å²) >= 11 is 13.8. The van der Waals surface area contributed by atoms with Crippen LogP contribution in [0.15, 0.2) is 42.6 Å². The Morgan fingerprint density at radius 3 is 2.60 bits per heavy atom. The van der Waals surface area contributed by atoms with E-state index in [4.69, 9.17) is 33.4 Å². The zero-order valence-corrected chi connectivity index (χ0v) is 15.7. The second-order valence-corrected chi connectivity index (χ2v) is 5.94. The molecule has 1 aromatic heterocycles. The molecule has 9 heteroatoms. The highest BCUT2D eigenvalue weighted by Crippen LogP contribution is 2.10. The zero-order chi connectivity index (χ0) is 18.8. The summed E-state index contributed by atoms with van der Waals surface area (Å²) in [4.78, 5) is 25.1. The molecule has 0 radical (unpaired) electrons. The highest BCUT2D eigenvalue weighted by molar-refractivity contribution is 7.96. The molecule has 6 nitrogen and oxygen atoms in total. The van der Waals surface area contributed by atoms with Crippen LogP contribution in [0.3, 0.4) is 0 Å². The molecule has 0 fully saturated rings. The van der Waals surface area contributed by atoms with Gasteiger partial charge in [0.25, 0.3) is 10.4 Å². The highest BCUT2D eigenvalue weighted by Gasteiger charge is 2.08. The smallest absolute Gasteiger partial charge is 0.273 e. The maximum Gasteiger partial charge on any atom is 0.273 e. The van der Waals surface area contributed by atoms with Crippen molar-refractivity contribution in [1.29, 1.82) is 0 Å². The topological polar surface area (TPSA) is 94.3 Å². The fraction of sp³-hybridized carbons (Fsp3) is 0.125. The minimum absolute atomic E-state index is 0.0887. The van der Waals surface area contributed by atoms with E-state index in [2.05, 4.69) is 28.7 Å². The number of hydrogen-bond donors (Lipinski definition) is 3. The van der Waals surface area contributed by atoms with Crippen LogP contribution in [0.4, 0.5) is 10.6 Å². The maximum atomic E-state index is 12.0. The molecular weight excluding hydrogens is 382 g/mol. The SMILES string of the molecule is Cc1cccc(C(=O)COC(=S)Nc2ccc(Cl)cn2)c1.NC(=O)S. The molecule has 0 unspecified atom stereocenters. The first-order valence-corrected chi connectivity index (χ1v) is 8.15. The predicted octanol–water partition coefficient (Wildman–Crippen LogP) is 3.63. The lowest BCUT2D eigenvalue weighted by Gasteiger charge is -2.09. The van der Waals surface area contributed by atoms with E-state index < -0.39 is 5.24 Å². The van der Waals surface area contributed by atoms with Gasteiger partial charge in [-0.25, -0.2) is 4.98 Å². The average molecular weight is 398 g/mol. The molecule has 0 saturated heterocycles. The highest BCUT2D eigenvalue weighted by atomic mass is 35.5. The second kappa shape index (κ2) is 10.7. The van der Waals surface area contributed by atoms with Crippen molar-refractivity contribution >= 4 is 58.5 Å². The normalized spacial score (nSPS) is 9.40. The number of aryl methyl sites for hydroxylation is 1. The number of Topliss-reactive ketones (excluding diaryl/α,β-unsaturated/α-hetero) is 1. The summed E-state index contributed by atoms with van der Waals surface area (Å²) in [6.45, 7) is 1.80. The van der Waals surface area contributed by atoms with Gasteiger partial charge in [-0.1, -0.05) is 48.0 Å². The van der Waals surface area contributed by atoms with E-state index in [-0.39, 0.29) is 17.6 Å². The predicted molar refractivity (Wildman–Crippen MR) is 105 cm³/mol. The van der Waals surface area contributed by atoms with Crippen LogP contribution < -0.4 is 11.1 Å². The molecule has 0 saturated carbocycles. The van der Waals surface area contributed by atoms with Gasteiger partial charge in [-0.3, -0.25) is 9.59 Å². The van der Waals surface area contributed by atoms with Crippen LogP contribution in [0.25, 0.3) is 0 Å². The summed E-state index contributed by atoms with van der Waals surface area (Å²) in [6.07, 6.45) is 1.49. The number of carbonyl (C=O) groups excluding carboxylic acids is 2. The van der Waals surface area contributed by atoms with Gasteiger partial charge in [-0.15, -0.1) is 0 Å². The van der Waals surface area contributed by atoms with E-state index >= 15 is 0 Å². The molecule has 0 bridgehead atoms. The van der Waals surface area contributed by atoms with Gasteiger partial charge in [-0.05, 0) is 37.3 Å². The Balaban J connectivity index is 0.000000705. The largest absolute Gasteiger partial charge is 0.462 e. The minimum Gasteiger partial charge on any atom is -0.462 e. The fourth-order valence-corrected chi connectivity index (χ4v) is 1.90. The number of thiocarbonyl (C=S) groups is 1. The summed E-state index contributed by atoms with van der Waals surface area (Å²) in [7, 11) is 0. The molecule has 0 spiro atoms. The van der Waals surface area contributed by atoms with E-state index in [1.165, 1.54) is 6.20 Å². The average Bonchev–Trinajstić information content (AvgIpc) is 2.54. The van der Waals surface area contributed by atoms with Crippen LogP contribution in [0.5, 0.6) is 0 Å². The number of halogens is 1. The van der Waals surface area contributed by atoms with Crippen LogP contribution >= 0.6 is 36.4 Å². The molecule has 0 aliphatic carbocycles. The van der Waals surface area contributed by atoms with Crippen molar-refractivity contribution in [1.82, 2.24) is 4.98 Å². The molecule has 1 amide bonds. The number of primary amides is 1. The van der Waals surface area contributed by atoms with Gasteiger partial charge in [0.15, 0.2) is 12.4 Å². The summed E-state index contributed by atoms with van der Waals surface area (Å²) in [5.74, 6) is 0.374. The molecule has 2 aromatic rings. The van der Waals surface area contributed by atoms with Crippen molar-refractivity contribution in [3.05, 3.63) is 58.7 Å². The van der Waals surface area contributed by atoms with E-state index in [0.29, 0.717) is 16.4 Å². The molecule has 2 rings (SSSR count). The van der Waals surface area contributed by atoms with Crippen LogP contribution in [0.1, 0.15) is 15.9 Å². The van der Waals surface area contributed by atoms with Gasteiger partial charge >= 0.3 is 0 Å². The number of nitrogens with zero attached hydrogens (tertiary/aromatic N) is 1. The standard InChI is InChI=1S/C15H13ClN2O2S.CH3NOS/c1-10-3-2-4-11(7-10)13(19)9-20-15(21)18-14-6-5-12(16)8-17-14;2-1(3)4/h2-8H,9H2,1H3,(H,17,18,21);(H3,2,3,4). The lowest BCUT2D eigenvalue weighted by atomic mass is 10.1. The summed E-state index contributed by atoms with van der Waals surface area (Å²) in [6, 6.07) is 10.7. The lowest BCUT2D eigenvalue weighted by molar-refractivity contribution is 0.0916. The monoisotopic (exact) mass is 397 g/mol. The number of ether oxygens (including phenoxy) is 1. The minimum atomic E-state index is -0.639. The summed E-state index contributed by atoms with van der Waals surface area (Å²) in [5.41, 5.74) is 5.96. The van der Waals surface area contributed by atoms with E-state index in [0.717, 1.165) is 5.56 Å². The van der Waals surface area contributed by atoms with Crippen LogP contribution in [0, 0.1) is 6.92 Å². The molecule has 132 valence electrons. The second-order valence-electron chi connectivity index (χ2n) is 4.69. The third kappa shape index (κ3) is 9.04. The number of thiol groups is 1. The number of pyridine rings is 1. The number of anilines is 1. The number of rotatable bonds is 4. The van der Waals surface area contributed by atoms with Crippen molar-refractivity contribution in [2.45, 2.75) is 6.92 Å². The zero-order valence-electron chi connectivity index (χ0n) is 13.2. The number of nitrogens with two attached hydrogens (primary N) is 1. The van der Waals surface area contributed by atoms with Gasteiger partial charge in [0.1, 0.15) is 5.82 Å². The lowest BCUT2D eigenvalue weighted by Crippen LogP contribution is -2.19. The Morgan fingerprint density at radius 2 is 2.04 bits per heavy atom. The maximum absolute atomic E-state index is 12.0. The Morgan fingerprint density at radius 1 is 1.36 bits per heavy atom. The molecule has 3 N–H and O–H groups in total. The number of nitrogens with one attached hydrogen (secondary N) is 1. The van der Waals surface area contributed by atoms with Crippen molar-refractivity contribution < 1.29 is 14.3 Å². The van der Waals surface area contributed by atoms with Gasteiger partial charge < -0.3 is 15.8 Å². The Bertz CT molecular complexity index is 751. The fourth-order valence-electron chi connectivity index (χ4n) is 1.62. The first kappa shape index (κ1) is 20.9. The van der Waals surface area contributed by atoms with Crippen molar-refractivity contribution in [2.75, 3.05) is 11.9 Å². The molecule has 0 atom stereocenters. The number of hydrogen-bond acceptors (Lipinski definition) is 5. The van der Waals surface area contributed by atoms with Gasteiger partial charge in [0.05, 0.1) is 5.02 Å². The van der Waals surface area contributed by atoms with Gasteiger partial charge in [0.2, 0.25) is 0 Å². The quantitative estimate of drug-likeness (QED) is 0.414. The van der Waals surface area contributed by atoms with Gasteiger partial charge in [-0.2, -0.15) is 0 Å². The van der Waals surface area contributed by atoms with Crippen LogP contribution in [-0.4, -0.2) is 27.8 Å². The molecule has 1 heterocycles. The molecule has 0 aliphatic rings. The third-order valence-electron chi connectivity index (χ3n) is 2.63.